The maximum Gasteiger partial charge on any atom is 0.329 e. The van der Waals surface area contributed by atoms with E-state index in [4.69, 9.17) is 11.6 Å². The van der Waals surface area contributed by atoms with Crippen LogP contribution in [0.25, 0.3) is 0 Å². The average Bonchev–Trinajstić information content (AvgIpc) is 2.90. The number of aromatic amines is 1. The minimum Gasteiger partial charge on any atom is -0.297 e. The van der Waals surface area contributed by atoms with Gasteiger partial charge in [0.25, 0.3) is 5.56 Å². The monoisotopic (exact) mass is 310 g/mol. The summed E-state index contributed by atoms with van der Waals surface area (Å²) in [6.07, 6.45) is 8.70. The number of aromatic nitrogens is 2. The van der Waals surface area contributed by atoms with Gasteiger partial charge in [0.1, 0.15) is 5.15 Å². The fourth-order valence-electron chi connectivity index (χ4n) is 3.91. The van der Waals surface area contributed by atoms with E-state index in [0.29, 0.717) is 12.1 Å². The van der Waals surface area contributed by atoms with Crippen LogP contribution >= 0.6 is 11.6 Å². The molecule has 0 aromatic carbocycles. The average molecular weight is 311 g/mol. The summed E-state index contributed by atoms with van der Waals surface area (Å²) < 4.78 is 1.40. The zero-order chi connectivity index (χ0) is 15.0. The van der Waals surface area contributed by atoms with Crippen molar-refractivity contribution >= 4 is 11.6 Å². The van der Waals surface area contributed by atoms with Crippen molar-refractivity contribution in [3.05, 3.63) is 31.6 Å². The molecule has 2 saturated carbocycles. The molecule has 0 bridgehead atoms. The summed E-state index contributed by atoms with van der Waals surface area (Å²) in [6, 6.07) is 0. The van der Waals surface area contributed by atoms with Crippen molar-refractivity contribution in [2.75, 3.05) is 0 Å². The van der Waals surface area contributed by atoms with Crippen molar-refractivity contribution in [3.63, 3.8) is 0 Å². The van der Waals surface area contributed by atoms with Crippen LogP contribution in [0.4, 0.5) is 0 Å². The van der Waals surface area contributed by atoms with Crippen LogP contribution in [-0.4, -0.2) is 9.55 Å². The molecule has 0 aliphatic heterocycles. The highest BCUT2D eigenvalue weighted by Gasteiger charge is 2.37. The predicted molar refractivity (Wildman–Crippen MR) is 84.1 cm³/mol. The summed E-state index contributed by atoms with van der Waals surface area (Å²) in [5, 5.41) is 0.257. The van der Waals surface area contributed by atoms with Crippen LogP contribution in [0.2, 0.25) is 5.15 Å². The zero-order valence-electron chi connectivity index (χ0n) is 12.6. The number of rotatable bonds is 4. The summed E-state index contributed by atoms with van der Waals surface area (Å²) in [7, 11) is 0. The van der Waals surface area contributed by atoms with Gasteiger partial charge in [-0.1, -0.05) is 37.8 Å². The van der Waals surface area contributed by atoms with E-state index in [0.717, 1.165) is 44.9 Å². The molecule has 1 N–H and O–H groups in total. The first-order valence-electron chi connectivity index (χ1n) is 8.09. The Bertz CT molecular complexity index is 631. The Balaban J connectivity index is 2.02. The highest BCUT2D eigenvalue weighted by Crippen LogP contribution is 2.44. The smallest absolute Gasteiger partial charge is 0.297 e. The Morgan fingerprint density at radius 3 is 2.43 bits per heavy atom. The minimum atomic E-state index is -0.355. The molecule has 2 aliphatic rings. The maximum atomic E-state index is 12.8. The normalized spacial score (nSPS) is 21.4. The molecule has 4 nitrogen and oxygen atoms in total. The first-order valence-corrected chi connectivity index (χ1v) is 8.47. The number of hydrogen-bond acceptors (Lipinski definition) is 2. The van der Waals surface area contributed by atoms with Gasteiger partial charge in [-0.05, 0) is 43.4 Å². The van der Waals surface area contributed by atoms with E-state index in [1.165, 1.54) is 11.0 Å². The van der Waals surface area contributed by atoms with Crippen molar-refractivity contribution in [1.29, 1.82) is 0 Å². The highest BCUT2D eigenvalue weighted by molar-refractivity contribution is 6.30. The highest BCUT2D eigenvalue weighted by atomic mass is 35.5. The summed E-state index contributed by atoms with van der Waals surface area (Å²) in [5.74, 6) is 0.215. The molecular weight excluding hydrogens is 288 g/mol. The van der Waals surface area contributed by atoms with Gasteiger partial charge in [-0.2, -0.15) is 0 Å². The topological polar surface area (TPSA) is 54.9 Å². The fourth-order valence-corrected chi connectivity index (χ4v) is 4.22. The second-order valence-electron chi connectivity index (χ2n) is 6.74. The van der Waals surface area contributed by atoms with Gasteiger partial charge in [0.15, 0.2) is 0 Å². The lowest BCUT2D eigenvalue weighted by molar-refractivity contribution is 0.0966. The fraction of sp³-hybridized carbons (Fsp3) is 0.750. The van der Waals surface area contributed by atoms with Crippen molar-refractivity contribution < 1.29 is 0 Å². The van der Waals surface area contributed by atoms with Gasteiger partial charge in [-0.15, -0.1) is 0 Å². The van der Waals surface area contributed by atoms with E-state index < -0.39 is 0 Å². The van der Waals surface area contributed by atoms with Gasteiger partial charge in [0, 0.05) is 6.54 Å². The molecule has 0 unspecified atom stereocenters. The molecular formula is C16H23ClN2O2. The standard InChI is InChI=1S/C16H23ClN2O2/c1-2-16(8-5-9-16)10-19-14(20)12(11-6-3-4-7-11)13(17)18-15(19)21/h11H,2-10H2,1H3,(H,18,21). The summed E-state index contributed by atoms with van der Waals surface area (Å²) in [4.78, 5) is 27.7. The van der Waals surface area contributed by atoms with E-state index in [9.17, 15) is 9.59 Å². The molecule has 2 aliphatic carbocycles. The lowest BCUT2D eigenvalue weighted by atomic mass is 9.67. The van der Waals surface area contributed by atoms with Crippen LogP contribution in [0, 0.1) is 5.41 Å². The van der Waals surface area contributed by atoms with Crippen molar-refractivity contribution in [3.8, 4) is 0 Å². The van der Waals surface area contributed by atoms with Crippen LogP contribution in [0.5, 0.6) is 0 Å². The summed E-state index contributed by atoms with van der Waals surface area (Å²) in [6.45, 7) is 2.68. The first-order chi connectivity index (χ1) is 10.1. The molecule has 21 heavy (non-hydrogen) atoms. The summed E-state index contributed by atoms with van der Waals surface area (Å²) >= 11 is 6.17. The van der Waals surface area contributed by atoms with Gasteiger partial charge in [-0.3, -0.25) is 14.3 Å². The molecule has 1 aromatic rings. The predicted octanol–water partition coefficient (Wildman–Crippen LogP) is 3.43. The van der Waals surface area contributed by atoms with Gasteiger partial charge in [-0.25, -0.2) is 4.79 Å². The molecule has 1 heterocycles. The van der Waals surface area contributed by atoms with Gasteiger partial charge >= 0.3 is 5.69 Å². The van der Waals surface area contributed by atoms with Crippen molar-refractivity contribution in [2.45, 2.75) is 70.8 Å². The lowest BCUT2D eigenvalue weighted by Gasteiger charge is -2.41. The Kier molecular flexibility index (Phi) is 4.00. The zero-order valence-corrected chi connectivity index (χ0v) is 13.3. The van der Waals surface area contributed by atoms with Crippen molar-refractivity contribution in [2.24, 2.45) is 5.41 Å². The third-order valence-electron chi connectivity index (χ3n) is 5.60. The molecule has 0 radical (unpaired) electrons. The molecule has 3 rings (SSSR count). The van der Waals surface area contributed by atoms with Crippen LogP contribution in [-0.2, 0) is 6.54 Å². The second kappa shape index (κ2) is 5.64. The van der Waals surface area contributed by atoms with Crippen LogP contribution in [0.3, 0.4) is 0 Å². The molecule has 0 saturated heterocycles. The molecule has 5 heteroatoms. The van der Waals surface area contributed by atoms with Crippen LogP contribution in [0.15, 0.2) is 9.59 Å². The first kappa shape index (κ1) is 14.9. The van der Waals surface area contributed by atoms with Gasteiger partial charge < -0.3 is 0 Å². The molecule has 0 amide bonds. The Morgan fingerprint density at radius 2 is 1.90 bits per heavy atom. The van der Waals surface area contributed by atoms with Crippen LogP contribution in [0.1, 0.15) is 69.8 Å². The Hall–Kier alpha value is -1.03. The summed E-state index contributed by atoms with van der Waals surface area (Å²) in [5.41, 5.74) is 0.263. The van der Waals surface area contributed by atoms with E-state index >= 15 is 0 Å². The number of halogens is 1. The number of nitrogens with one attached hydrogen (secondary N) is 1. The molecule has 0 atom stereocenters. The van der Waals surface area contributed by atoms with Crippen LogP contribution < -0.4 is 11.2 Å². The number of hydrogen-bond donors (Lipinski definition) is 1. The second-order valence-corrected chi connectivity index (χ2v) is 7.12. The third kappa shape index (κ3) is 2.59. The number of H-pyrrole nitrogens is 1. The van der Waals surface area contributed by atoms with E-state index in [-0.39, 0.29) is 27.7 Å². The minimum absolute atomic E-state index is 0.137. The Morgan fingerprint density at radius 1 is 1.24 bits per heavy atom. The largest absolute Gasteiger partial charge is 0.329 e. The van der Waals surface area contributed by atoms with E-state index in [1.54, 1.807) is 0 Å². The van der Waals surface area contributed by atoms with Crippen molar-refractivity contribution in [1.82, 2.24) is 9.55 Å². The quantitative estimate of drug-likeness (QED) is 0.866. The van der Waals surface area contributed by atoms with E-state index in [2.05, 4.69) is 11.9 Å². The van der Waals surface area contributed by atoms with E-state index in [1.807, 2.05) is 0 Å². The lowest BCUT2D eigenvalue weighted by Crippen LogP contribution is -2.45. The molecule has 2 fully saturated rings. The molecule has 0 spiro atoms. The SMILES string of the molecule is CCC1(Cn2c(=O)[nH]c(Cl)c(C3CCCC3)c2=O)CCC1. The van der Waals surface area contributed by atoms with Gasteiger partial charge in [0.05, 0.1) is 5.56 Å². The Labute approximate surface area is 129 Å². The number of nitrogens with zero attached hydrogens (tertiary/aromatic N) is 1. The van der Waals surface area contributed by atoms with Gasteiger partial charge in [0.2, 0.25) is 0 Å². The molecule has 116 valence electrons. The maximum absolute atomic E-state index is 12.8. The third-order valence-corrected chi connectivity index (χ3v) is 5.89. The molecule has 1 aromatic heterocycles.